The molecule has 70 valence electrons. The first-order valence-corrected chi connectivity index (χ1v) is 4.74. The maximum Gasteiger partial charge on any atom is 0.141 e. The highest BCUT2D eigenvalue weighted by Gasteiger charge is 2.08. The number of halogens is 2. The summed E-state index contributed by atoms with van der Waals surface area (Å²) in [5.41, 5.74) is 1.41. The van der Waals surface area contributed by atoms with Crippen molar-refractivity contribution in [3.63, 3.8) is 0 Å². The molecule has 0 aromatic heterocycles. The third-order valence-electron chi connectivity index (χ3n) is 1.69. The summed E-state index contributed by atoms with van der Waals surface area (Å²) < 4.78 is 13.8. The monoisotopic (exact) mass is 244 g/mol. The van der Waals surface area contributed by atoms with Gasteiger partial charge in [0.1, 0.15) is 11.6 Å². The van der Waals surface area contributed by atoms with E-state index in [2.05, 4.69) is 15.9 Å². The smallest absolute Gasteiger partial charge is 0.141 e. The van der Waals surface area contributed by atoms with Gasteiger partial charge in [-0.3, -0.25) is 4.79 Å². The zero-order chi connectivity index (χ0) is 10.0. The number of carbonyl (C=O) groups excluding carboxylic acids is 1. The summed E-state index contributed by atoms with van der Waals surface area (Å²) in [6.07, 6.45) is 0.159. The predicted molar refractivity (Wildman–Crippen MR) is 53.2 cm³/mol. The lowest BCUT2D eigenvalue weighted by molar-refractivity contribution is -0.116. The molecular formula is C10H10BrFO. The van der Waals surface area contributed by atoms with Gasteiger partial charge in [-0.15, -0.1) is 0 Å². The fourth-order valence-electron chi connectivity index (χ4n) is 1.19. The van der Waals surface area contributed by atoms with Crippen LogP contribution in [0.2, 0.25) is 0 Å². The molecule has 0 bridgehead atoms. The highest BCUT2D eigenvalue weighted by molar-refractivity contribution is 9.10. The van der Waals surface area contributed by atoms with Crippen molar-refractivity contribution >= 4 is 21.7 Å². The van der Waals surface area contributed by atoms with E-state index >= 15 is 0 Å². The molecule has 0 saturated heterocycles. The van der Waals surface area contributed by atoms with Crippen molar-refractivity contribution < 1.29 is 9.18 Å². The quantitative estimate of drug-likeness (QED) is 0.782. The Bertz CT molecular complexity index is 347. The van der Waals surface area contributed by atoms with Gasteiger partial charge in [-0.05, 0) is 47.0 Å². The minimum Gasteiger partial charge on any atom is -0.300 e. The molecule has 0 saturated carbocycles. The van der Waals surface area contributed by atoms with Gasteiger partial charge in [-0.1, -0.05) is 6.07 Å². The second kappa shape index (κ2) is 4.01. The van der Waals surface area contributed by atoms with Crippen LogP contribution in [0.25, 0.3) is 0 Å². The summed E-state index contributed by atoms with van der Waals surface area (Å²) in [5, 5.41) is 0. The van der Waals surface area contributed by atoms with Gasteiger partial charge >= 0.3 is 0 Å². The Balaban J connectivity index is 3.12. The van der Waals surface area contributed by atoms with Crippen LogP contribution in [0.4, 0.5) is 4.39 Å². The number of Topliss-reactive ketones (excluding diaryl/α,β-unsaturated/α-hetero) is 1. The Hall–Kier alpha value is -0.700. The average molecular weight is 245 g/mol. The van der Waals surface area contributed by atoms with Crippen molar-refractivity contribution in [3.8, 4) is 0 Å². The van der Waals surface area contributed by atoms with E-state index in [9.17, 15) is 9.18 Å². The van der Waals surface area contributed by atoms with Crippen molar-refractivity contribution in [2.24, 2.45) is 0 Å². The van der Waals surface area contributed by atoms with E-state index < -0.39 is 0 Å². The zero-order valence-corrected chi connectivity index (χ0v) is 9.11. The average Bonchev–Trinajstić information content (AvgIpc) is 1.98. The molecule has 1 aromatic rings. The van der Waals surface area contributed by atoms with Gasteiger partial charge in [0.2, 0.25) is 0 Å². The van der Waals surface area contributed by atoms with Crippen LogP contribution in [0.15, 0.2) is 16.6 Å². The standard InChI is InChI=1S/C10H10BrFO/c1-6-3-8(5-7(2)13)10(12)9(11)4-6/h3-4H,5H2,1-2H3. The van der Waals surface area contributed by atoms with Crippen LogP contribution >= 0.6 is 15.9 Å². The first kappa shape index (κ1) is 10.4. The molecule has 0 N–H and O–H groups in total. The van der Waals surface area contributed by atoms with E-state index in [1.807, 2.05) is 6.92 Å². The van der Waals surface area contributed by atoms with Crippen molar-refractivity contribution in [1.29, 1.82) is 0 Å². The Labute approximate surface area is 85.1 Å². The van der Waals surface area contributed by atoms with Crippen molar-refractivity contribution in [2.45, 2.75) is 20.3 Å². The number of hydrogen-bond acceptors (Lipinski definition) is 1. The molecule has 0 aliphatic carbocycles. The van der Waals surface area contributed by atoms with Crippen molar-refractivity contribution in [2.75, 3.05) is 0 Å². The van der Waals surface area contributed by atoms with Gasteiger partial charge in [0.05, 0.1) is 4.47 Å². The molecule has 0 aliphatic heterocycles. The van der Waals surface area contributed by atoms with E-state index in [4.69, 9.17) is 0 Å². The van der Waals surface area contributed by atoms with Crippen LogP contribution in [0.3, 0.4) is 0 Å². The van der Waals surface area contributed by atoms with Crippen molar-refractivity contribution in [1.82, 2.24) is 0 Å². The van der Waals surface area contributed by atoms with Crippen LogP contribution in [0, 0.1) is 12.7 Å². The van der Waals surface area contributed by atoms with E-state index in [0.717, 1.165) is 5.56 Å². The SMILES string of the molecule is CC(=O)Cc1cc(C)cc(Br)c1F. The third-order valence-corrected chi connectivity index (χ3v) is 2.26. The number of aryl methyl sites for hydroxylation is 1. The largest absolute Gasteiger partial charge is 0.300 e. The Morgan fingerprint density at radius 1 is 1.54 bits per heavy atom. The zero-order valence-electron chi connectivity index (χ0n) is 7.53. The fourth-order valence-corrected chi connectivity index (χ4v) is 1.81. The number of carbonyl (C=O) groups is 1. The number of rotatable bonds is 2. The molecule has 13 heavy (non-hydrogen) atoms. The summed E-state index contributed by atoms with van der Waals surface area (Å²) in [4.78, 5) is 10.8. The van der Waals surface area contributed by atoms with Gasteiger partial charge < -0.3 is 0 Å². The number of benzene rings is 1. The molecule has 3 heteroatoms. The van der Waals surface area contributed by atoms with Crippen LogP contribution < -0.4 is 0 Å². The van der Waals surface area contributed by atoms with Crippen LogP contribution in [-0.2, 0) is 11.2 Å². The normalized spacial score (nSPS) is 10.2. The van der Waals surface area contributed by atoms with Gasteiger partial charge in [-0.2, -0.15) is 0 Å². The lowest BCUT2D eigenvalue weighted by Gasteiger charge is -2.04. The molecule has 0 fully saturated rings. The fraction of sp³-hybridized carbons (Fsp3) is 0.300. The number of ketones is 1. The maximum atomic E-state index is 13.3. The maximum absolute atomic E-state index is 13.3. The predicted octanol–water partition coefficient (Wildman–Crippen LogP) is 3.03. The van der Waals surface area contributed by atoms with Crippen molar-refractivity contribution in [3.05, 3.63) is 33.5 Å². The molecule has 0 amide bonds. The van der Waals surface area contributed by atoms with Gasteiger partial charge in [-0.25, -0.2) is 4.39 Å². The lowest BCUT2D eigenvalue weighted by atomic mass is 10.1. The van der Waals surface area contributed by atoms with E-state index in [1.165, 1.54) is 6.92 Å². The van der Waals surface area contributed by atoms with E-state index in [0.29, 0.717) is 10.0 Å². The highest BCUT2D eigenvalue weighted by atomic mass is 79.9. The second-order valence-corrected chi connectivity index (χ2v) is 3.95. The minimum absolute atomic E-state index is 0.0311. The Kier molecular flexibility index (Phi) is 3.20. The van der Waals surface area contributed by atoms with Gasteiger partial charge in [0.15, 0.2) is 0 Å². The summed E-state index contributed by atoms with van der Waals surface area (Å²) >= 11 is 3.10. The van der Waals surface area contributed by atoms with Crippen LogP contribution in [0.1, 0.15) is 18.1 Å². The Morgan fingerprint density at radius 3 is 2.69 bits per heavy atom. The van der Waals surface area contributed by atoms with Crippen LogP contribution in [0.5, 0.6) is 0 Å². The molecule has 0 spiro atoms. The van der Waals surface area contributed by atoms with Crippen LogP contribution in [-0.4, -0.2) is 5.78 Å². The third kappa shape index (κ3) is 2.62. The summed E-state index contributed by atoms with van der Waals surface area (Å²) in [5.74, 6) is -0.364. The van der Waals surface area contributed by atoms with Gasteiger partial charge in [0.25, 0.3) is 0 Å². The molecule has 0 aliphatic rings. The van der Waals surface area contributed by atoms with E-state index in [1.54, 1.807) is 12.1 Å². The van der Waals surface area contributed by atoms with Gasteiger partial charge in [0, 0.05) is 6.42 Å². The molecule has 1 aromatic carbocycles. The van der Waals surface area contributed by atoms with E-state index in [-0.39, 0.29) is 18.0 Å². The minimum atomic E-state index is -0.333. The molecule has 1 nitrogen and oxygen atoms in total. The number of hydrogen-bond donors (Lipinski definition) is 0. The summed E-state index contributed by atoms with van der Waals surface area (Å²) in [7, 11) is 0. The highest BCUT2D eigenvalue weighted by Crippen LogP contribution is 2.21. The first-order chi connectivity index (χ1) is 6.00. The topological polar surface area (TPSA) is 17.1 Å². The Morgan fingerprint density at radius 2 is 2.15 bits per heavy atom. The molecule has 0 radical (unpaired) electrons. The first-order valence-electron chi connectivity index (χ1n) is 3.94. The molecule has 1 rings (SSSR count). The molecule has 0 heterocycles. The molecule has 0 atom stereocenters. The molecule has 0 unspecified atom stereocenters. The summed E-state index contributed by atoms with van der Waals surface area (Å²) in [6.45, 7) is 3.32. The second-order valence-electron chi connectivity index (χ2n) is 3.10. The summed E-state index contributed by atoms with van der Waals surface area (Å²) in [6, 6.07) is 3.39. The lowest BCUT2D eigenvalue weighted by Crippen LogP contribution is -2.00. The molecular weight excluding hydrogens is 235 g/mol.